The number of pyridine rings is 1. The van der Waals surface area contributed by atoms with E-state index in [0.29, 0.717) is 11.2 Å². The van der Waals surface area contributed by atoms with E-state index in [4.69, 9.17) is 11.6 Å². The molecule has 2 rings (SSSR count). The summed E-state index contributed by atoms with van der Waals surface area (Å²) < 4.78 is 0. The van der Waals surface area contributed by atoms with E-state index in [1.807, 2.05) is 18.3 Å². The third kappa shape index (κ3) is 3.45. The Balaban J connectivity index is 1.79. The van der Waals surface area contributed by atoms with Crippen molar-refractivity contribution >= 4 is 11.6 Å². The molecule has 1 aliphatic heterocycles. The van der Waals surface area contributed by atoms with Gasteiger partial charge in [0, 0.05) is 18.8 Å². The van der Waals surface area contributed by atoms with Crippen molar-refractivity contribution in [3.05, 3.63) is 29.0 Å². The topological polar surface area (TPSA) is 37.0 Å². The van der Waals surface area contributed by atoms with Crippen molar-refractivity contribution in [2.24, 2.45) is 0 Å². The lowest BCUT2D eigenvalue weighted by atomic mass is 10.1. The Morgan fingerprint density at radius 2 is 2.20 bits per heavy atom. The molecule has 1 fully saturated rings. The summed E-state index contributed by atoms with van der Waals surface area (Å²) in [5.74, 6) is 0. The first-order valence-corrected chi connectivity index (χ1v) is 5.77. The second-order valence-electron chi connectivity index (χ2n) is 3.89. The van der Waals surface area contributed by atoms with Gasteiger partial charge in [0.05, 0.1) is 0 Å². The number of hydrogen-bond donors (Lipinski definition) is 2. The van der Waals surface area contributed by atoms with Crippen molar-refractivity contribution in [1.29, 1.82) is 0 Å². The molecule has 0 spiro atoms. The first-order chi connectivity index (χ1) is 7.34. The molecule has 1 aliphatic rings. The minimum atomic E-state index is 0.556. The zero-order valence-corrected chi connectivity index (χ0v) is 9.43. The van der Waals surface area contributed by atoms with Crippen molar-refractivity contribution in [2.75, 3.05) is 13.1 Å². The number of nitrogens with zero attached hydrogens (tertiary/aromatic N) is 1. The van der Waals surface area contributed by atoms with Gasteiger partial charge in [-0.05, 0) is 37.6 Å². The summed E-state index contributed by atoms with van der Waals surface area (Å²) in [6.45, 7) is 3.13. The minimum absolute atomic E-state index is 0.556. The second-order valence-corrected chi connectivity index (χ2v) is 4.28. The smallest absolute Gasteiger partial charge is 0.129 e. The second kappa shape index (κ2) is 5.45. The van der Waals surface area contributed by atoms with Crippen LogP contribution in [0.25, 0.3) is 0 Å². The van der Waals surface area contributed by atoms with Crippen LogP contribution < -0.4 is 10.6 Å². The molecule has 0 atom stereocenters. The number of piperidine rings is 1. The van der Waals surface area contributed by atoms with Gasteiger partial charge in [0.15, 0.2) is 0 Å². The van der Waals surface area contributed by atoms with E-state index in [2.05, 4.69) is 15.6 Å². The largest absolute Gasteiger partial charge is 0.317 e. The molecular weight excluding hydrogens is 210 g/mol. The van der Waals surface area contributed by atoms with Crippen LogP contribution in [-0.2, 0) is 6.54 Å². The van der Waals surface area contributed by atoms with E-state index in [1.165, 1.54) is 18.4 Å². The van der Waals surface area contributed by atoms with Gasteiger partial charge in [-0.15, -0.1) is 0 Å². The molecule has 1 aromatic heterocycles. The molecule has 0 saturated carbocycles. The van der Waals surface area contributed by atoms with Gasteiger partial charge in [-0.1, -0.05) is 17.7 Å². The molecule has 4 heteroatoms. The lowest BCUT2D eigenvalue weighted by Crippen LogP contribution is -2.39. The monoisotopic (exact) mass is 225 g/mol. The van der Waals surface area contributed by atoms with E-state index >= 15 is 0 Å². The highest BCUT2D eigenvalue weighted by Crippen LogP contribution is 2.07. The summed E-state index contributed by atoms with van der Waals surface area (Å²) in [5.41, 5.74) is 1.19. The van der Waals surface area contributed by atoms with Crippen molar-refractivity contribution in [3.63, 3.8) is 0 Å². The predicted octanol–water partition coefficient (Wildman–Crippen LogP) is 1.58. The van der Waals surface area contributed by atoms with Crippen molar-refractivity contribution in [2.45, 2.75) is 25.4 Å². The standard InChI is InChI=1S/C11H16ClN3/c12-11-2-1-9(8-15-11)7-14-10-3-5-13-6-4-10/h1-2,8,10,13-14H,3-7H2. The van der Waals surface area contributed by atoms with Gasteiger partial charge < -0.3 is 10.6 Å². The third-order valence-corrected chi connectivity index (χ3v) is 2.95. The Morgan fingerprint density at radius 1 is 1.40 bits per heavy atom. The van der Waals surface area contributed by atoms with Crippen LogP contribution in [0.15, 0.2) is 18.3 Å². The Kier molecular flexibility index (Phi) is 3.94. The molecule has 2 heterocycles. The summed E-state index contributed by atoms with van der Waals surface area (Å²) in [6.07, 6.45) is 4.25. The van der Waals surface area contributed by atoms with Gasteiger partial charge in [-0.25, -0.2) is 4.98 Å². The van der Waals surface area contributed by atoms with E-state index < -0.39 is 0 Å². The predicted molar refractivity (Wildman–Crippen MR) is 62.0 cm³/mol. The Hall–Kier alpha value is -0.640. The summed E-state index contributed by atoms with van der Waals surface area (Å²) in [7, 11) is 0. The maximum absolute atomic E-state index is 5.72. The molecule has 1 aromatic rings. The Labute approximate surface area is 95.2 Å². The normalized spacial score (nSPS) is 17.9. The van der Waals surface area contributed by atoms with Crippen LogP contribution in [0.4, 0.5) is 0 Å². The molecule has 0 bridgehead atoms. The quantitative estimate of drug-likeness (QED) is 0.767. The highest BCUT2D eigenvalue weighted by atomic mass is 35.5. The van der Waals surface area contributed by atoms with Gasteiger partial charge in [-0.2, -0.15) is 0 Å². The van der Waals surface area contributed by atoms with Crippen LogP contribution in [0.1, 0.15) is 18.4 Å². The van der Waals surface area contributed by atoms with Gasteiger partial charge >= 0.3 is 0 Å². The van der Waals surface area contributed by atoms with Gasteiger partial charge in [0.25, 0.3) is 0 Å². The highest BCUT2D eigenvalue weighted by molar-refractivity contribution is 6.29. The third-order valence-electron chi connectivity index (χ3n) is 2.72. The van der Waals surface area contributed by atoms with Crippen LogP contribution >= 0.6 is 11.6 Å². The van der Waals surface area contributed by atoms with Gasteiger partial charge in [0.1, 0.15) is 5.15 Å². The van der Waals surface area contributed by atoms with Crippen LogP contribution in [0.5, 0.6) is 0 Å². The average Bonchev–Trinajstić information content (AvgIpc) is 2.30. The van der Waals surface area contributed by atoms with Crippen LogP contribution in [-0.4, -0.2) is 24.1 Å². The molecule has 0 radical (unpaired) electrons. The molecule has 0 unspecified atom stereocenters. The molecule has 0 aliphatic carbocycles. The number of aromatic nitrogens is 1. The Bertz CT molecular complexity index is 293. The molecule has 1 saturated heterocycles. The number of nitrogens with one attached hydrogen (secondary N) is 2. The van der Waals surface area contributed by atoms with Gasteiger partial charge in [-0.3, -0.25) is 0 Å². The SMILES string of the molecule is Clc1ccc(CNC2CCNCC2)cn1. The number of rotatable bonds is 3. The van der Waals surface area contributed by atoms with Crippen LogP contribution in [0, 0.1) is 0 Å². The lowest BCUT2D eigenvalue weighted by molar-refractivity contribution is 0.386. The zero-order valence-electron chi connectivity index (χ0n) is 8.67. The average molecular weight is 226 g/mol. The van der Waals surface area contributed by atoms with E-state index in [0.717, 1.165) is 19.6 Å². The summed E-state index contributed by atoms with van der Waals surface area (Å²) in [5, 5.41) is 7.44. The zero-order chi connectivity index (χ0) is 10.5. The molecule has 82 valence electrons. The fourth-order valence-corrected chi connectivity index (χ4v) is 1.91. The molecular formula is C11H16ClN3. The van der Waals surface area contributed by atoms with Crippen molar-refractivity contribution in [3.8, 4) is 0 Å². The number of hydrogen-bond acceptors (Lipinski definition) is 3. The molecule has 2 N–H and O–H groups in total. The van der Waals surface area contributed by atoms with Crippen molar-refractivity contribution < 1.29 is 0 Å². The molecule has 0 aromatic carbocycles. The summed E-state index contributed by atoms with van der Waals surface area (Å²) >= 11 is 5.72. The van der Waals surface area contributed by atoms with Gasteiger partial charge in [0.2, 0.25) is 0 Å². The molecule has 15 heavy (non-hydrogen) atoms. The molecule has 0 amide bonds. The first-order valence-electron chi connectivity index (χ1n) is 5.39. The van der Waals surface area contributed by atoms with E-state index in [-0.39, 0.29) is 0 Å². The first kappa shape index (κ1) is 10.9. The maximum Gasteiger partial charge on any atom is 0.129 e. The van der Waals surface area contributed by atoms with Crippen LogP contribution in [0.3, 0.4) is 0 Å². The summed E-state index contributed by atoms with van der Waals surface area (Å²) in [4.78, 5) is 4.06. The maximum atomic E-state index is 5.72. The fourth-order valence-electron chi connectivity index (χ4n) is 1.80. The van der Waals surface area contributed by atoms with E-state index in [1.54, 1.807) is 0 Å². The lowest BCUT2D eigenvalue weighted by Gasteiger charge is -2.23. The Morgan fingerprint density at radius 3 is 2.87 bits per heavy atom. The summed E-state index contributed by atoms with van der Waals surface area (Å²) in [6, 6.07) is 4.49. The number of halogens is 1. The molecule has 3 nitrogen and oxygen atoms in total. The minimum Gasteiger partial charge on any atom is -0.317 e. The highest BCUT2D eigenvalue weighted by Gasteiger charge is 2.11. The van der Waals surface area contributed by atoms with Crippen LogP contribution in [0.2, 0.25) is 5.15 Å². The van der Waals surface area contributed by atoms with Crippen molar-refractivity contribution in [1.82, 2.24) is 15.6 Å². The van der Waals surface area contributed by atoms with E-state index in [9.17, 15) is 0 Å². The fraction of sp³-hybridized carbons (Fsp3) is 0.545.